The quantitative estimate of drug-likeness (QED) is 0.427. The molecule has 6 N–H and O–H groups in total. The van der Waals surface area contributed by atoms with Crippen molar-refractivity contribution in [2.24, 2.45) is 4.99 Å². The molecule has 1 fully saturated rings. The number of nitrogens with two attached hydrogens (primary N) is 2. The van der Waals surface area contributed by atoms with Gasteiger partial charge in [0.05, 0.1) is 5.69 Å². The number of nitrogens with one attached hydrogen (secondary N) is 2. The Morgan fingerprint density at radius 3 is 2.53 bits per heavy atom. The average molecular weight is 430 g/mol. The molecule has 1 saturated carbocycles. The fourth-order valence-corrected chi connectivity index (χ4v) is 4.57. The van der Waals surface area contributed by atoms with Crippen LogP contribution in [-0.4, -0.2) is 28.9 Å². The van der Waals surface area contributed by atoms with E-state index in [0.29, 0.717) is 17.4 Å². The van der Waals surface area contributed by atoms with E-state index in [0.717, 1.165) is 12.1 Å². The van der Waals surface area contributed by atoms with E-state index in [-0.39, 0.29) is 23.0 Å². The summed E-state index contributed by atoms with van der Waals surface area (Å²) in [5, 5.41) is 23.9. The number of hydrogen-bond acceptors (Lipinski definition) is 9. The second-order valence-electron chi connectivity index (χ2n) is 8.35. The predicted octanol–water partition coefficient (Wildman–Crippen LogP) is 2.82. The molecule has 1 unspecified atom stereocenters. The number of pyridine rings is 1. The average Bonchev–Trinajstić information content (AvgIpc) is 2.80. The molecule has 2 aromatic rings. The van der Waals surface area contributed by atoms with Crippen LogP contribution in [0.15, 0.2) is 29.3 Å². The molecule has 1 aliphatic carbocycles. The molecule has 32 heavy (non-hydrogen) atoms. The monoisotopic (exact) mass is 429 g/mol. The molecule has 0 radical (unpaired) electrons. The van der Waals surface area contributed by atoms with Crippen molar-refractivity contribution < 1.29 is 0 Å². The van der Waals surface area contributed by atoms with E-state index in [9.17, 15) is 5.26 Å². The number of benzene rings is 1. The van der Waals surface area contributed by atoms with Crippen LogP contribution in [0.25, 0.3) is 0 Å². The van der Waals surface area contributed by atoms with E-state index in [2.05, 4.69) is 44.7 Å². The Kier molecular flexibility index (Phi) is 6.11. The van der Waals surface area contributed by atoms with Crippen LogP contribution in [0.4, 0.5) is 17.3 Å². The van der Waals surface area contributed by atoms with Crippen molar-refractivity contribution in [3.05, 3.63) is 46.5 Å². The molecule has 0 amide bonds. The Hall–Kier alpha value is -3.82. The minimum atomic E-state index is -0.521. The molecule has 2 heterocycles. The Morgan fingerprint density at radius 2 is 1.88 bits per heavy atom. The number of nitrogen functional groups attached to an aromatic ring is 2. The van der Waals surface area contributed by atoms with Crippen LogP contribution in [0, 0.1) is 22.8 Å². The summed E-state index contributed by atoms with van der Waals surface area (Å²) in [5.41, 5.74) is 15.3. The van der Waals surface area contributed by atoms with Crippen molar-refractivity contribution in [3.63, 3.8) is 0 Å². The van der Waals surface area contributed by atoms with Crippen molar-refractivity contribution in [2.45, 2.75) is 50.7 Å². The number of aliphatic imine (C=N–C) groups is 1. The molecule has 0 bridgehead atoms. The summed E-state index contributed by atoms with van der Waals surface area (Å²) in [6.45, 7) is 0.886. The van der Waals surface area contributed by atoms with Gasteiger partial charge in [-0.3, -0.25) is 10.2 Å². The minimum absolute atomic E-state index is 0.0364. The zero-order chi connectivity index (χ0) is 22.7. The number of fused-ring (bicyclic) bond motifs is 1. The number of nitriles is 2. The van der Waals surface area contributed by atoms with Crippen LogP contribution in [0.2, 0.25) is 0 Å². The maximum absolute atomic E-state index is 9.46. The number of hydrogen-bond donors (Lipinski definition) is 4. The normalized spacial score (nSPS) is 18.1. The lowest BCUT2D eigenvalue weighted by molar-refractivity contribution is 0.184. The van der Waals surface area contributed by atoms with E-state index < -0.39 is 6.04 Å². The second-order valence-corrected chi connectivity index (χ2v) is 8.35. The SMILES string of the molecule is CN(Cc1ccc(C2N=C(NC#N)Nc3nc(N)c(C#N)c(N)c32)cc1)C1CCCCC1. The molecule has 9 heteroatoms. The van der Waals surface area contributed by atoms with Crippen molar-refractivity contribution in [2.75, 3.05) is 23.8 Å². The summed E-state index contributed by atoms with van der Waals surface area (Å²) in [5.74, 6) is 0.675. The van der Waals surface area contributed by atoms with Crippen LogP contribution in [-0.2, 0) is 6.54 Å². The highest BCUT2D eigenvalue weighted by Crippen LogP contribution is 2.40. The third kappa shape index (κ3) is 4.16. The van der Waals surface area contributed by atoms with Gasteiger partial charge in [-0.1, -0.05) is 43.5 Å². The van der Waals surface area contributed by atoms with Crippen molar-refractivity contribution in [1.29, 1.82) is 10.5 Å². The standard InChI is InChI=1S/C23H27N9/c1-32(16-5-3-2-4-6-16)12-14-7-9-15(10-8-14)20-18-19(26)17(11-24)21(27)30-22(18)31-23(29-20)28-13-25/h7-10,16,20H,2-6,12H2,1H3,(H6,26,27,28,29,30,31). The number of rotatable bonds is 4. The van der Waals surface area contributed by atoms with E-state index in [1.807, 2.05) is 24.4 Å². The number of aromatic nitrogens is 1. The summed E-state index contributed by atoms with van der Waals surface area (Å²) >= 11 is 0. The van der Waals surface area contributed by atoms with Crippen LogP contribution in [0.1, 0.15) is 60.4 Å². The zero-order valence-electron chi connectivity index (χ0n) is 18.1. The van der Waals surface area contributed by atoms with Gasteiger partial charge in [0.25, 0.3) is 0 Å². The first-order chi connectivity index (χ1) is 15.5. The highest BCUT2D eigenvalue weighted by atomic mass is 15.2. The number of guanidine groups is 1. The van der Waals surface area contributed by atoms with E-state index in [4.69, 9.17) is 16.7 Å². The van der Waals surface area contributed by atoms with E-state index in [1.54, 1.807) is 0 Å². The van der Waals surface area contributed by atoms with Crippen LogP contribution in [0.5, 0.6) is 0 Å². The van der Waals surface area contributed by atoms with Gasteiger partial charge in [0, 0.05) is 18.2 Å². The minimum Gasteiger partial charge on any atom is -0.397 e. The summed E-state index contributed by atoms with van der Waals surface area (Å²) in [6.07, 6.45) is 8.36. The highest BCUT2D eigenvalue weighted by molar-refractivity contribution is 5.98. The third-order valence-electron chi connectivity index (χ3n) is 6.28. The second kappa shape index (κ2) is 9.13. The fourth-order valence-electron chi connectivity index (χ4n) is 4.57. The van der Waals surface area contributed by atoms with Gasteiger partial charge in [0.2, 0.25) is 5.96 Å². The topological polar surface area (TPSA) is 152 Å². The first-order valence-corrected chi connectivity index (χ1v) is 10.8. The largest absolute Gasteiger partial charge is 0.397 e. The van der Waals surface area contributed by atoms with Crippen LogP contribution < -0.4 is 22.1 Å². The first kappa shape index (κ1) is 21.4. The zero-order valence-corrected chi connectivity index (χ0v) is 18.1. The Balaban J connectivity index is 1.64. The molecule has 0 saturated heterocycles. The van der Waals surface area contributed by atoms with Gasteiger partial charge in [-0.2, -0.15) is 10.5 Å². The Labute approximate surface area is 187 Å². The molecule has 0 spiro atoms. The molecule has 1 aromatic heterocycles. The summed E-state index contributed by atoms with van der Waals surface area (Å²) in [6, 6.07) is 10.4. The first-order valence-electron chi connectivity index (χ1n) is 10.8. The van der Waals surface area contributed by atoms with Gasteiger partial charge in [-0.05, 0) is 31.0 Å². The smallest absolute Gasteiger partial charge is 0.211 e. The lowest BCUT2D eigenvalue weighted by Gasteiger charge is -2.31. The molecule has 9 nitrogen and oxygen atoms in total. The van der Waals surface area contributed by atoms with Gasteiger partial charge >= 0.3 is 0 Å². The van der Waals surface area contributed by atoms with Gasteiger partial charge in [-0.25, -0.2) is 9.98 Å². The maximum Gasteiger partial charge on any atom is 0.211 e. The summed E-state index contributed by atoms with van der Waals surface area (Å²) in [4.78, 5) is 11.3. The molecule has 1 aliphatic heterocycles. The maximum atomic E-state index is 9.46. The Morgan fingerprint density at radius 1 is 1.16 bits per heavy atom. The van der Waals surface area contributed by atoms with E-state index >= 15 is 0 Å². The van der Waals surface area contributed by atoms with Gasteiger partial charge in [0.1, 0.15) is 29.3 Å². The predicted molar refractivity (Wildman–Crippen MR) is 124 cm³/mol. The molecule has 2 aliphatic rings. The molecule has 1 atom stereocenters. The Bertz CT molecular complexity index is 1100. The van der Waals surface area contributed by atoms with Crippen LogP contribution >= 0.6 is 0 Å². The molecule has 164 valence electrons. The van der Waals surface area contributed by atoms with Crippen molar-refractivity contribution >= 4 is 23.3 Å². The summed E-state index contributed by atoms with van der Waals surface area (Å²) in [7, 11) is 2.19. The van der Waals surface area contributed by atoms with Gasteiger partial charge in [0.15, 0.2) is 6.19 Å². The highest BCUT2D eigenvalue weighted by Gasteiger charge is 2.29. The summed E-state index contributed by atoms with van der Waals surface area (Å²) < 4.78 is 0. The number of anilines is 3. The lowest BCUT2D eigenvalue weighted by Crippen LogP contribution is -2.33. The fraction of sp³-hybridized carbons (Fsp3) is 0.391. The number of nitrogens with zero attached hydrogens (tertiary/aromatic N) is 5. The third-order valence-corrected chi connectivity index (χ3v) is 6.28. The molecule has 4 rings (SSSR count). The van der Waals surface area contributed by atoms with Crippen molar-refractivity contribution in [3.8, 4) is 12.3 Å². The van der Waals surface area contributed by atoms with Crippen molar-refractivity contribution in [1.82, 2.24) is 15.2 Å². The van der Waals surface area contributed by atoms with E-state index in [1.165, 1.54) is 37.7 Å². The molecular weight excluding hydrogens is 402 g/mol. The van der Waals surface area contributed by atoms with Gasteiger partial charge < -0.3 is 16.8 Å². The molecular formula is C23H27N9. The van der Waals surface area contributed by atoms with Crippen LogP contribution in [0.3, 0.4) is 0 Å². The lowest BCUT2D eigenvalue weighted by atomic mass is 9.93. The molecule has 1 aromatic carbocycles. The van der Waals surface area contributed by atoms with Gasteiger partial charge in [-0.15, -0.1) is 0 Å².